The van der Waals surface area contributed by atoms with E-state index in [1.807, 2.05) is 4.90 Å². The summed E-state index contributed by atoms with van der Waals surface area (Å²) in [6, 6.07) is 9.82. The minimum absolute atomic E-state index is 0.176. The van der Waals surface area contributed by atoms with Crippen LogP contribution in [0.15, 0.2) is 52.8 Å². The number of ether oxygens (including phenoxy) is 1. The third kappa shape index (κ3) is 3.83. The number of rotatable bonds is 4. The van der Waals surface area contributed by atoms with E-state index in [0.29, 0.717) is 48.0 Å². The average Bonchev–Trinajstić information content (AvgIpc) is 3.26. The number of hydrogen-bond donors (Lipinski definition) is 1. The number of nitrogens with zero attached hydrogens (tertiary/aromatic N) is 5. The van der Waals surface area contributed by atoms with Gasteiger partial charge in [0.1, 0.15) is 5.75 Å². The van der Waals surface area contributed by atoms with Crippen molar-refractivity contribution < 1.29 is 13.9 Å². The molecule has 0 saturated carbocycles. The lowest BCUT2D eigenvalue weighted by Crippen LogP contribution is -2.49. The Hall–Kier alpha value is -3.99. The number of methoxy groups -OCH3 is 1. The molecular formula is C23H21FN6O3S. The van der Waals surface area contributed by atoms with Gasteiger partial charge in [0, 0.05) is 36.9 Å². The summed E-state index contributed by atoms with van der Waals surface area (Å²) in [6.07, 6.45) is 1.48. The molecule has 0 bridgehead atoms. The first-order valence-corrected chi connectivity index (χ1v) is 11.4. The van der Waals surface area contributed by atoms with Crippen molar-refractivity contribution in [2.75, 3.05) is 43.9 Å². The molecule has 4 aromatic rings. The molecule has 0 unspecified atom stereocenters. The number of nitrogen functional groups attached to an aromatic ring is 1. The van der Waals surface area contributed by atoms with Gasteiger partial charge in [-0.1, -0.05) is 0 Å². The fourth-order valence-corrected chi connectivity index (χ4v) is 4.79. The van der Waals surface area contributed by atoms with E-state index in [-0.39, 0.29) is 22.5 Å². The highest BCUT2D eigenvalue weighted by Crippen LogP contribution is 2.28. The number of benzene rings is 1. The van der Waals surface area contributed by atoms with E-state index in [2.05, 4.69) is 10.1 Å². The number of piperazine rings is 1. The molecule has 174 valence electrons. The Bertz CT molecular complexity index is 1410. The van der Waals surface area contributed by atoms with Crippen LogP contribution in [0.25, 0.3) is 16.5 Å². The number of anilines is 2. The maximum Gasteiger partial charge on any atom is 0.282 e. The second-order valence-electron chi connectivity index (χ2n) is 7.77. The second-order valence-corrected chi connectivity index (χ2v) is 8.68. The summed E-state index contributed by atoms with van der Waals surface area (Å²) in [5.74, 6) is -0.171. The van der Waals surface area contributed by atoms with Gasteiger partial charge in [-0.3, -0.25) is 9.59 Å². The number of pyridine rings is 1. The Morgan fingerprint density at radius 1 is 1.09 bits per heavy atom. The summed E-state index contributed by atoms with van der Waals surface area (Å²) < 4.78 is 19.5. The molecule has 0 radical (unpaired) electrons. The lowest BCUT2D eigenvalue weighted by atomic mass is 10.2. The van der Waals surface area contributed by atoms with Crippen LogP contribution in [0.3, 0.4) is 0 Å². The highest BCUT2D eigenvalue weighted by molar-refractivity contribution is 7.15. The van der Waals surface area contributed by atoms with E-state index in [0.717, 1.165) is 5.69 Å². The van der Waals surface area contributed by atoms with E-state index < -0.39 is 5.95 Å². The molecule has 1 amide bonds. The SMILES string of the molecule is COc1ccc(-n2nc(C(=O)N3CCN(c4ccc([18F])nc4)CC3)c3csc(N)c3c2=O)cc1. The van der Waals surface area contributed by atoms with Crippen molar-refractivity contribution in [3.8, 4) is 11.4 Å². The van der Waals surface area contributed by atoms with Gasteiger partial charge in [-0.05, 0) is 36.4 Å². The lowest BCUT2D eigenvalue weighted by Gasteiger charge is -2.35. The molecule has 1 aliphatic heterocycles. The van der Waals surface area contributed by atoms with Crippen LogP contribution in [0.2, 0.25) is 0 Å². The Morgan fingerprint density at radius 2 is 1.79 bits per heavy atom. The van der Waals surface area contributed by atoms with E-state index in [4.69, 9.17) is 10.5 Å². The fourth-order valence-electron chi connectivity index (χ4n) is 4.00. The second kappa shape index (κ2) is 8.75. The standard InChI is InChI=1S/C23H21FN6O3S/c1-33-16-5-2-14(3-6-16)30-22(31)19-17(13-34-21(19)25)20(27-30)23(32)29-10-8-28(9-11-29)15-4-7-18(24)26-12-15/h2-7,12-13H,8-11,25H2,1H3/i24-1. The van der Waals surface area contributed by atoms with Gasteiger partial charge in [0.25, 0.3) is 11.5 Å². The van der Waals surface area contributed by atoms with E-state index >= 15 is 0 Å². The first-order chi connectivity index (χ1) is 16.5. The van der Waals surface area contributed by atoms with Crippen molar-refractivity contribution in [1.29, 1.82) is 0 Å². The topological polar surface area (TPSA) is 107 Å². The molecule has 0 atom stereocenters. The minimum atomic E-state index is -0.533. The highest BCUT2D eigenvalue weighted by Gasteiger charge is 2.27. The van der Waals surface area contributed by atoms with Gasteiger partial charge in [-0.25, -0.2) is 4.98 Å². The van der Waals surface area contributed by atoms with Gasteiger partial charge in [0.2, 0.25) is 5.95 Å². The van der Waals surface area contributed by atoms with Crippen LogP contribution >= 0.6 is 11.3 Å². The third-order valence-electron chi connectivity index (χ3n) is 5.84. The van der Waals surface area contributed by atoms with Gasteiger partial charge in [0.15, 0.2) is 5.69 Å². The molecule has 2 N–H and O–H groups in total. The molecule has 9 nitrogen and oxygen atoms in total. The van der Waals surface area contributed by atoms with Crippen LogP contribution in [0.5, 0.6) is 5.75 Å². The summed E-state index contributed by atoms with van der Waals surface area (Å²) in [6.45, 7) is 2.01. The zero-order chi connectivity index (χ0) is 23.8. The summed E-state index contributed by atoms with van der Waals surface area (Å²) in [5, 5.41) is 7.24. The number of carbonyl (C=O) groups excluding carboxylic acids is 1. The normalized spacial score (nSPS) is 13.9. The number of halogens is 1. The van der Waals surface area contributed by atoms with Crippen LogP contribution in [-0.4, -0.2) is 58.9 Å². The van der Waals surface area contributed by atoms with Gasteiger partial charge in [-0.2, -0.15) is 14.2 Å². The van der Waals surface area contributed by atoms with Crippen molar-refractivity contribution in [3.63, 3.8) is 0 Å². The number of thiophene rings is 1. The summed E-state index contributed by atoms with van der Waals surface area (Å²) in [7, 11) is 1.56. The van der Waals surface area contributed by atoms with E-state index in [9.17, 15) is 14.0 Å². The quantitative estimate of drug-likeness (QED) is 0.448. The molecule has 34 heavy (non-hydrogen) atoms. The van der Waals surface area contributed by atoms with Crippen LogP contribution in [0, 0.1) is 5.95 Å². The summed E-state index contributed by atoms with van der Waals surface area (Å²) in [4.78, 5) is 34.1. The number of aromatic nitrogens is 3. The van der Waals surface area contributed by atoms with Gasteiger partial charge in [-0.15, -0.1) is 11.3 Å². The fraction of sp³-hybridized carbons (Fsp3) is 0.217. The van der Waals surface area contributed by atoms with Crippen molar-refractivity contribution in [2.45, 2.75) is 0 Å². The monoisotopic (exact) mass is 479 g/mol. The zero-order valence-electron chi connectivity index (χ0n) is 18.3. The lowest BCUT2D eigenvalue weighted by molar-refractivity contribution is 0.0741. The van der Waals surface area contributed by atoms with Gasteiger partial charge >= 0.3 is 0 Å². The molecule has 4 heterocycles. The number of carbonyl (C=O) groups is 1. The maximum absolute atomic E-state index is 13.5. The molecule has 1 aliphatic rings. The molecule has 5 rings (SSSR count). The van der Waals surface area contributed by atoms with Crippen molar-refractivity contribution in [1.82, 2.24) is 19.7 Å². The smallest absolute Gasteiger partial charge is 0.282 e. The number of fused-ring (bicyclic) bond motifs is 1. The summed E-state index contributed by atoms with van der Waals surface area (Å²) in [5.41, 5.74) is 7.19. The van der Waals surface area contributed by atoms with Gasteiger partial charge < -0.3 is 20.3 Å². The predicted molar refractivity (Wildman–Crippen MR) is 128 cm³/mol. The molecule has 3 aromatic heterocycles. The average molecular weight is 480 g/mol. The van der Waals surface area contributed by atoms with Crippen LogP contribution in [0.1, 0.15) is 10.5 Å². The number of amides is 1. The zero-order valence-corrected chi connectivity index (χ0v) is 19.1. The van der Waals surface area contributed by atoms with E-state index in [1.54, 1.807) is 47.7 Å². The molecule has 0 aliphatic carbocycles. The maximum atomic E-state index is 13.5. The molecule has 1 fully saturated rings. The van der Waals surface area contributed by atoms with Gasteiger partial charge in [0.05, 0.1) is 35.1 Å². The largest absolute Gasteiger partial charge is 0.497 e. The molecule has 1 saturated heterocycles. The first kappa shape index (κ1) is 21.8. The minimum Gasteiger partial charge on any atom is -0.497 e. The van der Waals surface area contributed by atoms with Crippen molar-refractivity contribution in [2.24, 2.45) is 0 Å². The van der Waals surface area contributed by atoms with Crippen LogP contribution in [0.4, 0.5) is 15.1 Å². The van der Waals surface area contributed by atoms with Crippen LogP contribution in [-0.2, 0) is 0 Å². The predicted octanol–water partition coefficient (Wildman–Crippen LogP) is 2.53. The summed E-state index contributed by atoms with van der Waals surface area (Å²) >= 11 is 1.21. The highest BCUT2D eigenvalue weighted by atomic mass is 32.1. The Labute approximate surface area is 197 Å². The molecule has 1 aromatic carbocycles. The molecule has 0 spiro atoms. The Balaban J connectivity index is 1.47. The van der Waals surface area contributed by atoms with Crippen LogP contribution < -0.4 is 20.9 Å². The Morgan fingerprint density at radius 3 is 2.44 bits per heavy atom. The first-order valence-electron chi connectivity index (χ1n) is 10.6. The number of nitrogens with two attached hydrogens (primary N) is 1. The molecule has 11 heteroatoms. The van der Waals surface area contributed by atoms with Crippen molar-refractivity contribution >= 4 is 38.7 Å². The Kier molecular flexibility index (Phi) is 5.62. The van der Waals surface area contributed by atoms with Crippen molar-refractivity contribution in [3.05, 3.63) is 70.0 Å². The third-order valence-corrected chi connectivity index (χ3v) is 6.66. The molecular weight excluding hydrogens is 458 g/mol. The van der Waals surface area contributed by atoms with E-state index in [1.165, 1.54) is 28.3 Å². The number of hydrogen-bond acceptors (Lipinski definition) is 8.